The summed E-state index contributed by atoms with van der Waals surface area (Å²) in [5.41, 5.74) is 5.07. The van der Waals surface area contributed by atoms with Crippen molar-refractivity contribution >= 4 is 34.5 Å². The first kappa shape index (κ1) is 25.5. The van der Waals surface area contributed by atoms with E-state index >= 15 is 0 Å². The number of hydroxylamine groups is 1. The Labute approximate surface area is 203 Å². The first-order valence-electron chi connectivity index (χ1n) is 11.5. The number of para-hydroxylation sites is 1. The zero-order valence-electron chi connectivity index (χ0n) is 19.6. The van der Waals surface area contributed by atoms with Gasteiger partial charge in [0.25, 0.3) is 5.91 Å². The van der Waals surface area contributed by atoms with Crippen molar-refractivity contribution in [1.82, 2.24) is 15.8 Å². The molecule has 1 aromatic heterocycles. The topological polar surface area (TPSA) is 133 Å². The Bertz CT molecular complexity index is 1180. The van der Waals surface area contributed by atoms with Gasteiger partial charge < -0.3 is 15.0 Å². The van der Waals surface area contributed by atoms with Crippen LogP contribution < -0.4 is 16.1 Å². The summed E-state index contributed by atoms with van der Waals surface area (Å²) in [6.07, 6.45) is 5.50. The van der Waals surface area contributed by atoms with Crippen molar-refractivity contribution in [3.63, 3.8) is 0 Å². The second-order valence-corrected chi connectivity index (χ2v) is 7.98. The molecule has 3 aromatic rings. The molecule has 0 saturated heterocycles. The van der Waals surface area contributed by atoms with Crippen molar-refractivity contribution in [1.29, 1.82) is 0 Å². The van der Waals surface area contributed by atoms with E-state index in [2.05, 4.69) is 15.6 Å². The molecule has 1 heterocycles. The Morgan fingerprint density at radius 1 is 1.09 bits per heavy atom. The number of H-pyrrole nitrogens is 1. The number of carbonyl (C=O) groups is 3. The zero-order chi connectivity index (χ0) is 25.0. The molecule has 9 heteroatoms. The van der Waals surface area contributed by atoms with Gasteiger partial charge in [-0.3, -0.25) is 20.1 Å². The molecule has 0 atom stereocenters. The summed E-state index contributed by atoms with van der Waals surface area (Å²) < 4.78 is 5.16. The van der Waals surface area contributed by atoms with Crippen LogP contribution in [-0.4, -0.2) is 34.7 Å². The van der Waals surface area contributed by atoms with Gasteiger partial charge in [0.1, 0.15) is 5.70 Å². The first-order valence-corrected chi connectivity index (χ1v) is 11.5. The quantitative estimate of drug-likeness (QED) is 0.122. The van der Waals surface area contributed by atoms with Crippen LogP contribution in [0.15, 0.2) is 66.5 Å². The van der Waals surface area contributed by atoms with E-state index in [9.17, 15) is 14.4 Å². The molecular formula is C26H30N4O5. The monoisotopic (exact) mass is 478 g/mol. The van der Waals surface area contributed by atoms with E-state index in [-0.39, 0.29) is 18.7 Å². The molecule has 0 unspecified atom stereocenters. The molecule has 0 saturated carbocycles. The first-order chi connectivity index (χ1) is 17.0. The minimum Gasteiger partial charge on any atom is -0.449 e. The summed E-state index contributed by atoms with van der Waals surface area (Å²) in [6, 6.07) is 14.8. The number of alkyl carbamates (subject to hydrolysis) is 1. The van der Waals surface area contributed by atoms with Gasteiger partial charge in [0, 0.05) is 29.2 Å². The van der Waals surface area contributed by atoms with Crippen LogP contribution in [0.2, 0.25) is 0 Å². The number of hydrogen-bond acceptors (Lipinski definition) is 5. The number of unbranched alkanes of at least 4 members (excludes halogenated alkanes) is 1. The molecule has 184 valence electrons. The SMILES string of the molecule is CCCCOC(=O)NC(=CCc1c[nH]c2ccccc12)C(=O)Nc1ccc(CCC(=O)NO)cc1. The number of allylic oxidation sites excluding steroid dienone is 1. The van der Waals surface area contributed by atoms with Crippen LogP contribution in [-0.2, 0) is 27.2 Å². The number of benzene rings is 2. The highest BCUT2D eigenvalue weighted by Gasteiger charge is 2.15. The molecule has 5 N–H and O–H groups in total. The standard InChI is InChI=1S/C26H30N4O5/c1-2-3-16-35-26(33)29-23(14-11-19-17-27-22-7-5-4-6-21(19)22)25(32)28-20-12-8-18(9-13-20)10-15-24(31)30-34/h4-9,12-14,17,27,34H,2-3,10-11,15-16H2,1H3,(H,28,32)(H,29,33)(H,30,31). The third-order valence-electron chi connectivity index (χ3n) is 5.39. The van der Waals surface area contributed by atoms with E-state index in [4.69, 9.17) is 9.94 Å². The Hall–Kier alpha value is -4.11. The molecule has 3 rings (SSSR count). The van der Waals surface area contributed by atoms with Crippen LogP contribution in [0, 0.1) is 0 Å². The number of hydrogen-bond donors (Lipinski definition) is 5. The number of ether oxygens (including phenoxy) is 1. The molecule has 0 fully saturated rings. The average Bonchev–Trinajstić information content (AvgIpc) is 3.29. The van der Waals surface area contributed by atoms with Gasteiger partial charge >= 0.3 is 6.09 Å². The highest BCUT2D eigenvalue weighted by atomic mass is 16.5. The Kier molecular flexibility index (Phi) is 9.44. The predicted octanol–water partition coefficient (Wildman–Crippen LogP) is 4.20. The molecule has 9 nitrogen and oxygen atoms in total. The smallest absolute Gasteiger partial charge is 0.411 e. The fourth-order valence-electron chi connectivity index (χ4n) is 3.44. The van der Waals surface area contributed by atoms with Gasteiger partial charge in [-0.15, -0.1) is 0 Å². The van der Waals surface area contributed by atoms with Gasteiger partial charge in [0.05, 0.1) is 6.61 Å². The van der Waals surface area contributed by atoms with Crippen molar-refractivity contribution < 1.29 is 24.3 Å². The fraction of sp³-hybridized carbons (Fsp3) is 0.269. The lowest BCUT2D eigenvalue weighted by atomic mass is 10.1. The summed E-state index contributed by atoms with van der Waals surface area (Å²) >= 11 is 0. The van der Waals surface area contributed by atoms with Crippen molar-refractivity contribution in [2.75, 3.05) is 11.9 Å². The number of carbonyl (C=O) groups excluding carboxylic acids is 3. The number of aryl methyl sites for hydroxylation is 1. The lowest BCUT2D eigenvalue weighted by molar-refractivity contribution is -0.129. The van der Waals surface area contributed by atoms with Crippen LogP contribution in [0.25, 0.3) is 10.9 Å². The van der Waals surface area contributed by atoms with Gasteiger partial charge in [-0.05, 0) is 48.6 Å². The largest absolute Gasteiger partial charge is 0.449 e. The van der Waals surface area contributed by atoms with E-state index < -0.39 is 17.9 Å². The minimum atomic E-state index is -0.684. The van der Waals surface area contributed by atoms with Crippen LogP contribution in [0.5, 0.6) is 0 Å². The maximum absolute atomic E-state index is 13.0. The van der Waals surface area contributed by atoms with Gasteiger partial charge in [-0.25, -0.2) is 10.3 Å². The average molecular weight is 479 g/mol. The van der Waals surface area contributed by atoms with E-state index in [1.807, 2.05) is 37.4 Å². The number of aromatic amines is 1. The maximum Gasteiger partial charge on any atom is 0.411 e. The molecule has 2 aromatic carbocycles. The summed E-state index contributed by atoms with van der Waals surface area (Å²) in [5.74, 6) is -0.950. The predicted molar refractivity (Wildman–Crippen MR) is 133 cm³/mol. The number of anilines is 1. The third-order valence-corrected chi connectivity index (χ3v) is 5.39. The molecular weight excluding hydrogens is 448 g/mol. The second kappa shape index (κ2) is 13.0. The van der Waals surface area contributed by atoms with Crippen molar-refractivity contribution in [2.24, 2.45) is 0 Å². The molecule has 0 spiro atoms. The Morgan fingerprint density at radius 3 is 2.60 bits per heavy atom. The molecule has 0 bridgehead atoms. The number of rotatable bonds is 11. The maximum atomic E-state index is 13.0. The number of aromatic nitrogens is 1. The summed E-state index contributed by atoms with van der Waals surface area (Å²) in [6.45, 7) is 2.27. The summed E-state index contributed by atoms with van der Waals surface area (Å²) in [4.78, 5) is 39.6. The Morgan fingerprint density at radius 2 is 1.86 bits per heavy atom. The van der Waals surface area contributed by atoms with Gasteiger partial charge in [-0.2, -0.15) is 0 Å². The summed E-state index contributed by atoms with van der Waals surface area (Å²) in [7, 11) is 0. The number of nitrogens with one attached hydrogen (secondary N) is 4. The molecule has 35 heavy (non-hydrogen) atoms. The number of amides is 3. The molecule has 3 amide bonds. The molecule has 0 aliphatic heterocycles. The van der Waals surface area contributed by atoms with Gasteiger partial charge in [-0.1, -0.05) is 49.8 Å². The molecule has 0 radical (unpaired) electrons. The summed E-state index contributed by atoms with van der Waals surface area (Å²) in [5, 5.41) is 15.0. The highest BCUT2D eigenvalue weighted by molar-refractivity contribution is 6.05. The zero-order valence-corrected chi connectivity index (χ0v) is 19.6. The molecule has 0 aliphatic carbocycles. The second-order valence-electron chi connectivity index (χ2n) is 7.98. The lowest BCUT2D eigenvalue weighted by Crippen LogP contribution is -2.31. The Balaban J connectivity index is 1.70. The van der Waals surface area contributed by atoms with E-state index in [0.717, 1.165) is 34.9 Å². The van der Waals surface area contributed by atoms with E-state index in [1.165, 1.54) is 0 Å². The van der Waals surface area contributed by atoms with Gasteiger partial charge in [0.2, 0.25) is 5.91 Å². The van der Waals surface area contributed by atoms with E-state index in [1.54, 1.807) is 35.8 Å². The van der Waals surface area contributed by atoms with Crippen molar-refractivity contribution in [3.8, 4) is 0 Å². The third kappa shape index (κ3) is 7.72. The van der Waals surface area contributed by atoms with E-state index in [0.29, 0.717) is 18.5 Å². The number of fused-ring (bicyclic) bond motifs is 1. The highest BCUT2D eigenvalue weighted by Crippen LogP contribution is 2.19. The fourth-order valence-corrected chi connectivity index (χ4v) is 3.44. The van der Waals surface area contributed by atoms with Gasteiger partial charge in [0.15, 0.2) is 0 Å². The van der Waals surface area contributed by atoms with Crippen LogP contribution in [0.4, 0.5) is 10.5 Å². The molecule has 0 aliphatic rings. The van der Waals surface area contributed by atoms with Crippen molar-refractivity contribution in [2.45, 2.75) is 39.0 Å². The van der Waals surface area contributed by atoms with Crippen molar-refractivity contribution in [3.05, 3.63) is 77.6 Å². The normalized spacial score (nSPS) is 11.2. The minimum absolute atomic E-state index is 0.0838. The van der Waals surface area contributed by atoms with Crippen LogP contribution in [0.3, 0.4) is 0 Å². The van der Waals surface area contributed by atoms with Crippen LogP contribution >= 0.6 is 0 Å². The van der Waals surface area contributed by atoms with Crippen LogP contribution in [0.1, 0.15) is 37.3 Å². The lowest BCUT2D eigenvalue weighted by Gasteiger charge is -2.12.